The fourth-order valence-corrected chi connectivity index (χ4v) is 4.43. The highest BCUT2D eigenvalue weighted by molar-refractivity contribution is 7.13. The van der Waals surface area contributed by atoms with Crippen molar-refractivity contribution >= 4 is 17.2 Å². The molecule has 0 radical (unpaired) electrons. The Morgan fingerprint density at radius 3 is 3.06 bits per heavy atom. The van der Waals surface area contributed by atoms with Crippen LogP contribution in [0.15, 0.2) is 39.0 Å². The summed E-state index contributed by atoms with van der Waals surface area (Å²) in [6.07, 6.45) is 2.58. The second kappa shape index (κ2) is 9.47. The smallest absolute Gasteiger partial charge is 0.254 e. The molecule has 0 bridgehead atoms. The molecule has 1 aliphatic rings. The zero-order valence-corrected chi connectivity index (χ0v) is 18.5. The van der Waals surface area contributed by atoms with Crippen LogP contribution >= 0.6 is 11.3 Å². The Hall–Kier alpha value is -2.94. The minimum atomic E-state index is -0.165. The molecule has 3 aromatic rings. The van der Waals surface area contributed by atoms with Crippen LogP contribution in [0.1, 0.15) is 50.6 Å². The second-order valence-corrected chi connectivity index (χ2v) is 8.92. The molecule has 1 unspecified atom stereocenters. The summed E-state index contributed by atoms with van der Waals surface area (Å²) >= 11 is 1.55. The van der Waals surface area contributed by atoms with Gasteiger partial charge in [-0.25, -0.2) is 4.98 Å². The number of rotatable bonds is 7. The predicted molar refractivity (Wildman–Crippen MR) is 117 cm³/mol. The van der Waals surface area contributed by atoms with Crippen LogP contribution in [0.2, 0.25) is 0 Å². The number of H-pyrrole nitrogens is 1. The van der Waals surface area contributed by atoms with Gasteiger partial charge >= 0.3 is 0 Å². The number of hydrogen-bond donors (Lipinski definition) is 1. The maximum absolute atomic E-state index is 12.8. The predicted octanol–water partition coefficient (Wildman–Crippen LogP) is 3.61. The van der Waals surface area contributed by atoms with Crippen molar-refractivity contribution in [1.82, 2.24) is 20.0 Å². The first-order valence-corrected chi connectivity index (χ1v) is 11.4. The lowest BCUT2D eigenvalue weighted by molar-refractivity contribution is -0.132. The molecule has 0 aromatic carbocycles. The summed E-state index contributed by atoms with van der Waals surface area (Å²) < 4.78 is 10.8. The van der Waals surface area contributed by atoms with E-state index in [-0.39, 0.29) is 23.5 Å². The highest BCUT2D eigenvalue weighted by atomic mass is 32.1. The van der Waals surface area contributed by atoms with Crippen LogP contribution in [-0.2, 0) is 11.2 Å². The summed E-state index contributed by atoms with van der Waals surface area (Å²) in [6, 6.07) is 7.15. The van der Waals surface area contributed by atoms with Crippen molar-refractivity contribution in [2.75, 3.05) is 13.1 Å². The monoisotopic (exact) mass is 442 g/mol. The molecule has 8 nitrogen and oxygen atoms in total. The van der Waals surface area contributed by atoms with Crippen molar-refractivity contribution in [2.45, 2.75) is 51.6 Å². The number of aromatic nitrogens is 3. The number of aryl methyl sites for hydroxylation is 1. The van der Waals surface area contributed by atoms with Crippen molar-refractivity contribution in [1.29, 1.82) is 0 Å². The van der Waals surface area contributed by atoms with E-state index in [2.05, 4.69) is 10.1 Å². The van der Waals surface area contributed by atoms with E-state index in [1.165, 1.54) is 6.07 Å². The molecule has 1 amide bonds. The molecule has 31 heavy (non-hydrogen) atoms. The third kappa shape index (κ3) is 5.41. The van der Waals surface area contributed by atoms with Crippen molar-refractivity contribution in [3.8, 4) is 16.5 Å². The van der Waals surface area contributed by atoms with Gasteiger partial charge in [0.05, 0.1) is 16.7 Å². The molecular formula is C22H26N4O4S. The zero-order chi connectivity index (χ0) is 21.8. The number of likely N-dealkylation sites (tertiary alicyclic amines) is 1. The molecule has 1 aliphatic heterocycles. The van der Waals surface area contributed by atoms with E-state index in [9.17, 15) is 9.59 Å². The van der Waals surface area contributed by atoms with E-state index < -0.39 is 0 Å². The standard InChI is InChI=1S/C22H26N4O4S/c1-14(2)29-20-11-16(30-25-20)7-8-21(28)26-9-3-5-15(13-26)22-23-17(12-19(27)24-22)18-6-4-10-31-18/h4,6,10-12,14-15H,3,5,7-9,13H2,1-2H3,(H,23,24,27). The Bertz CT molecular complexity index is 1070. The number of nitrogens with zero attached hydrogens (tertiary/aromatic N) is 3. The van der Waals surface area contributed by atoms with E-state index in [0.717, 1.165) is 17.7 Å². The average molecular weight is 443 g/mol. The van der Waals surface area contributed by atoms with Crippen molar-refractivity contribution in [2.24, 2.45) is 0 Å². The Labute approximate surface area is 184 Å². The number of thiophene rings is 1. The second-order valence-electron chi connectivity index (χ2n) is 7.97. The number of carbonyl (C=O) groups is 1. The van der Waals surface area contributed by atoms with Gasteiger partial charge < -0.3 is 19.1 Å². The van der Waals surface area contributed by atoms with Gasteiger partial charge in [0.2, 0.25) is 5.91 Å². The van der Waals surface area contributed by atoms with Crippen LogP contribution in [0.25, 0.3) is 10.6 Å². The largest absolute Gasteiger partial charge is 0.473 e. The average Bonchev–Trinajstić information content (AvgIpc) is 3.43. The van der Waals surface area contributed by atoms with Crippen LogP contribution < -0.4 is 10.3 Å². The van der Waals surface area contributed by atoms with Crippen LogP contribution in [0.4, 0.5) is 0 Å². The lowest BCUT2D eigenvalue weighted by Gasteiger charge is -2.32. The third-order valence-electron chi connectivity index (χ3n) is 5.17. The number of aromatic amines is 1. The topological polar surface area (TPSA) is 101 Å². The van der Waals surface area contributed by atoms with Crippen molar-refractivity contribution in [3.05, 3.63) is 51.6 Å². The molecule has 4 heterocycles. The van der Waals surface area contributed by atoms with Crippen LogP contribution in [0.5, 0.6) is 5.88 Å². The minimum absolute atomic E-state index is 0.0154. The summed E-state index contributed by atoms with van der Waals surface area (Å²) in [7, 11) is 0. The van der Waals surface area contributed by atoms with E-state index in [1.807, 2.05) is 36.3 Å². The molecule has 164 valence electrons. The normalized spacial score (nSPS) is 16.6. The highest BCUT2D eigenvalue weighted by Gasteiger charge is 2.27. The highest BCUT2D eigenvalue weighted by Crippen LogP contribution is 2.27. The molecule has 3 aromatic heterocycles. The number of amides is 1. The molecule has 1 N–H and O–H groups in total. The number of hydrogen-bond acceptors (Lipinski definition) is 7. The van der Waals surface area contributed by atoms with Crippen LogP contribution in [0, 0.1) is 0 Å². The molecule has 0 saturated carbocycles. The van der Waals surface area contributed by atoms with Crippen molar-refractivity contribution < 1.29 is 14.1 Å². The molecule has 1 fully saturated rings. The fraction of sp³-hybridized carbons (Fsp3) is 0.455. The van der Waals surface area contributed by atoms with E-state index in [1.54, 1.807) is 17.4 Å². The van der Waals surface area contributed by atoms with Gasteiger partial charge in [-0.2, -0.15) is 0 Å². The number of piperidine rings is 1. The molecule has 9 heteroatoms. The summed E-state index contributed by atoms with van der Waals surface area (Å²) in [6.45, 7) is 5.10. The summed E-state index contributed by atoms with van der Waals surface area (Å²) in [4.78, 5) is 35.4. The van der Waals surface area contributed by atoms with Crippen LogP contribution in [0.3, 0.4) is 0 Å². The molecule has 0 aliphatic carbocycles. The number of carbonyl (C=O) groups excluding carboxylic acids is 1. The van der Waals surface area contributed by atoms with Gasteiger partial charge in [-0.1, -0.05) is 6.07 Å². The van der Waals surface area contributed by atoms with Gasteiger partial charge in [-0.15, -0.1) is 11.3 Å². The van der Waals surface area contributed by atoms with Crippen LogP contribution in [-0.4, -0.2) is 45.1 Å². The maximum atomic E-state index is 12.8. The fourth-order valence-electron chi connectivity index (χ4n) is 3.74. The first kappa shape index (κ1) is 21.3. The van der Waals surface area contributed by atoms with E-state index in [0.29, 0.717) is 49.1 Å². The molecule has 0 spiro atoms. The summed E-state index contributed by atoms with van der Waals surface area (Å²) in [5.74, 6) is 1.80. The Morgan fingerprint density at radius 2 is 2.29 bits per heavy atom. The SMILES string of the molecule is CC(C)Oc1cc(CCC(=O)N2CCCC(c3nc(-c4cccs4)cc(=O)[nH]3)C2)on1. The van der Waals surface area contributed by atoms with E-state index in [4.69, 9.17) is 14.2 Å². The van der Waals surface area contributed by atoms with Crippen molar-refractivity contribution in [3.63, 3.8) is 0 Å². The quantitative estimate of drug-likeness (QED) is 0.600. The third-order valence-corrected chi connectivity index (χ3v) is 6.07. The lowest BCUT2D eigenvalue weighted by atomic mass is 9.96. The molecule has 1 atom stereocenters. The van der Waals surface area contributed by atoms with Gasteiger partial charge in [-0.3, -0.25) is 9.59 Å². The number of ether oxygens (including phenoxy) is 1. The maximum Gasteiger partial charge on any atom is 0.254 e. The number of nitrogens with one attached hydrogen (secondary N) is 1. The molecule has 1 saturated heterocycles. The van der Waals surface area contributed by atoms with Gasteiger partial charge in [0.15, 0.2) is 0 Å². The summed E-state index contributed by atoms with van der Waals surface area (Å²) in [5, 5.41) is 5.84. The Balaban J connectivity index is 1.39. The van der Waals surface area contributed by atoms with Gasteiger partial charge in [-0.05, 0) is 43.3 Å². The molecular weight excluding hydrogens is 416 g/mol. The molecule has 4 rings (SSSR count). The summed E-state index contributed by atoms with van der Waals surface area (Å²) in [5.41, 5.74) is 0.517. The first-order chi connectivity index (χ1) is 15.0. The zero-order valence-electron chi connectivity index (χ0n) is 17.7. The Morgan fingerprint density at radius 1 is 1.42 bits per heavy atom. The first-order valence-electron chi connectivity index (χ1n) is 10.5. The minimum Gasteiger partial charge on any atom is -0.473 e. The lowest BCUT2D eigenvalue weighted by Crippen LogP contribution is -2.40. The van der Waals surface area contributed by atoms with Gasteiger partial charge in [0.1, 0.15) is 11.6 Å². The van der Waals surface area contributed by atoms with Gasteiger partial charge in [0, 0.05) is 44.0 Å². The van der Waals surface area contributed by atoms with E-state index >= 15 is 0 Å². The Kier molecular flexibility index (Phi) is 6.50. The van der Waals surface area contributed by atoms with Gasteiger partial charge in [0.25, 0.3) is 11.4 Å².